The lowest BCUT2D eigenvalue weighted by Gasteiger charge is -2.07. The minimum Gasteiger partial charge on any atom is -0.228 e. The number of rotatable bonds is 3. The molecule has 15 heavy (non-hydrogen) atoms. The Morgan fingerprint density at radius 3 is 2.47 bits per heavy atom. The van der Waals surface area contributed by atoms with Crippen LogP contribution in [0.3, 0.4) is 0 Å². The van der Waals surface area contributed by atoms with Crippen molar-refractivity contribution in [1.82, 2.24) is 0 Å². The second-order valence-corrected chi connectivity index (χ2v) is 7.02. The zero-order chi connectivity index (χ0) is 11.6. The molecule has 0 N–H and O–H groups in total. The summed E-state index contributed by atoms with van der Waals surface area (Å²) in [4.78, 5) is 0. The zero-order valence-electron chi connectivity index (χ0n) is 8.50. The van der Waals surface area contributed by atoms with E-state index in [1.807, 2.05) is 0 Å². The molecule has 0 fully saturated rings. The first-order chi connectivity index (χ1) is 6.83. The summed E-state index contributed by atoms with van der Waals surface area (Å²) in [6.45, 7) is 3.27. The molecule has 0 heterocycles. The quantitative estimate of drug-likeness (QED) is 0.859. The molecule has 1 aromatic carbocycles. The molecule has 2 nitrogen and oxygen atoms in total. The SMILES string of the molecule is CC(C)S(=O)(=O)Cc1ccc(F)c(Br)c1. The van der Waals surface area contributed by atoms with Crippen LogP contribution < -0.4 is 0 Å². The Labute approximate surface area is 97.5 Å². The van der Waals surface area contributed by atoms with Gasteiger partial charge < -0.3 is 0 Å². The molecule has 0 unspecified atom stereocenters. The van der Waals surface area contributed by atoms with Crippen LogP contribution in [0.25, 0.3) is 0 Å². The number of sulfone groups is 1. The smallest absolute Gasteiger partial charge is 0.156 e. The highest BCUT2D eigenvalue weighted by Gasteiger charge is 2.17. The Morgan fingerprint density at radius 2 is 2.00 bits per heavy atom. The molecule has 0 aliphatic heterocycles. The lowest BCUT2D eigenvalue weighted by molar-refractivity contribution is 0.586. The molecule has 0 amide bonds. The predicted octanol–water partition coefficient (Wildman–Crippen LogP) is 2.91. The van der Waals surface area contributed by atoms with Gasteiger partial charge in [0, 0.05) is 0 Å². The van der Waals surface area contributed by atoms with Crippen molar-refractivity contribution in [2.45, 2.75) is 24.9 Å². The van der Waals surface area contributed by atoms with Crippen molar-refractivity contribution in [2.24, 2.45) is 0 Å². The number of halogens is 2. The molecule has 0 atom stereocenters. The highest BCUT2D eigenvalue weighted by Crippen LogP contribution is 2.19. The molecule has 5 heteroatoms. The summed E-state index contributed by atoms with van der Waals surface area (Å²) >= 11 is 3.02. The van der Waals surface area contributed by atoms with Gasteiger partial charge >= 0.3 is 0 Å². The molecule has 84 valence electrons. The minimum atomic E-state index is -3.12. The maximum Gasteiger partial charge on any atom is 0.156 e. The third-order valence-electron chi connectivity index (χ3n) is 2.07. The maximum atomic E-state index is 12.9. The third-order valence-corrected chi connectivity index (χ3v) is 4.85. The van der Waals surface area contributed by atoms with E-state index in [-0.39, 0.29) is 11.6 Å². The standard InChI is InChI=1S/C10H12BrFO2S/c1-7(2)15(13,14)6-8-3-4-10(12)9(11)5-8/h3-5,7H,6H2,1-2H3. The number of benzene rings is 1. The van der Waals surface area contributed by atoms with E-state index in [0.717, 1.165) is 0 Å². The van der Waals surface area contributed by atoms with Crippen LogP contribution in [0.15, 0.2) is 22.7 Å². The van der Waals surface area contributed by atoms with Crippen molar-refractivity contribution in [3.8, 4) is 0 Å². The van der Waals surface area contributed by atoms with Crippen LogP contribution in [0, 0.1) is 5.82 Å². The highest BCUT2D eigenvalue weighted by molar-refractivity contribution is 9.10. The lowest BCUT2D eigenvalue weighted by Crippen LogP contribution is -2.16. The number of hydrogen-bond donors (Lipinski definition) is 0. The minimum absolute atomic E-state index is 0.0520. The van der Waals surface area contributed by atoms with E-state index in [9.17, 15) is 12.8 Å². The van der Waals surface area contributed by atoms with Crippen LogP contribution in [0.4, 0.5) is 4.39 Å². The van der Waals surface area contributed by atoms with Gasteiger partial charge in [0.25, 0.3) is 0 Å². The fourth-order valence-corrected chi connectivity index (χ4v) is 2.43. The van der Waals surface area contributed by atoms with Gasteiger partial charge in [-0.05, 0) is 47.5 Å². The largest absolute Gasteiger partial charge is 0.228 e. The second kappa shape index (κ2) is 4.61. The van der Waals surface area contributed by atoms with Gasteiger partial charge in [0.1, 0.15) is 5.82 Å². The van der Waals surface area contributed by atoms with Crippen LogP contribution in [-0.2, 0) is 15.6 Å². The Kier molecular flexibility index (Phi) is 3.89. The Hall–Kier alpha value is -0.420. The molecule has 1 rings (SSSR count). The first kappa shape index (κ1) is 12.6. The van der Waals surface area contributed by atoms with Crippen molar-refractivity contribution in [3.05, 3.63) is 34.1 Å². The van der Waals surface area contributed by atoms with Crippen LogP contribution in [0.5, 0.6) is 0 Å². The van der Waals surface area contributed by atoms with E-state index in [1.54, 1.807) is 13.8 Å². The average Bonchev–Trinajstić information content (AvgIpc) is 2.10. The van der Waals surface area contributed by atoms with Crippen molar-refractivity contribution in [3.63, 3.8) is 0 Å². The zero-order valence-corrected chi connectivity index (χ0v) is 10.9. The van der Waals surface area contributed by atoms with Crippen molar-refractivity contribution in [1.29, 1.82) is 0 Å². The van der Waals surface area contributed by atoms with E-state index in [0.29, 0.717) is 10.0 Å². The average molecular weight is 295 g/mol. The monoisotopic (exact) mass is 294 g/mol. The van der Waals surface area contributed by atoms with Gasteiger partial charge in [-0.1, -0.05) is 6.07 Å². The Balaban J connectivity index is 2.96. The molecular weight excluding hydrogens is 283 g/mol. The van der Waals surface area contributed by atoms with E-state index in [2.05, 4.69) is 15.9 Å². The Morgan fingerprint density at radius 1 is 1.40 bits per heavy atom. The van der Waals surface area contributed by atoms with Gasteiger partial charge in [0.2, 0.25) is 0 Å². The Bertz CT molecular complexity index is 454. The number of hydrogen-bond acceptors (Lipinski definition) is 2. The molecule has 0 saturated heterocycles. The van der Waals surface area contributed by atoms with Crippen molar-refractivity contribution >= 4 is 25.8 Å². The molecule has 0 aliphatic carbocycles. The van der Waals surface area contributed by atoms with Crippen LogP contribution in [-0.4, -0.2) is 13.7 Å². The molecule has 0 spiro atoms. The van der Waals surface area contributed by atoms with Gasteiger partial charge in [0.15, 0.2) is 9.84 Å². The summed E-state index contributed by atoms with van der Waals surface area (Å²) in [7, 11) is -3.12. The van der Waals surface area contributed by atoms with Crippen LogP contribution >= 0.6 is 15.9 Å². The maximum absolute atomic E-state index is 12.9. The third kappa shape index (κ3) is 3.28. The topological polar surface area (TPSA) is 34.1 Å². The van der Waals surface area contributed by atoms with E-state index < -0.39 is 15.1 Å². The van der Waals surface area contributed by atoms with Gasteiger partial charge in [-0.25, -0.2) is 12.8 Å². The van der Waals surface area contributed by atoms with Gasteiger partial charge in [-0.3, -0.25) is 0 Å². The second-order valence-electron chi connectivity index (χ2n) is 3.60. The molecule has 0 saturated carbocycles. The van der Waals surface area contributed by atoms with Crippen molar-refractivity contribution in [2.75, 3.05) is 0 Å². The van der Waals surface area contributed by atoms with Gasteiger partial charge in [0.05, 0.1) is 15.5 Å². The summed E-state index contributed by atoms with van der Waals surface area (Å²) < 4.78 is 36.4. The first-order valence-corrected chi connectivity index (χ1v) is 6.99. The van der Waals surface area contributed by atoms with Crippen molar-refractivity contribution < 1.29 is 12.8 Å². The molecule has 1 aromatic rings. The predicted molar refractivity (Wildman–Crippen MR) is 61.9 cm³/mol. The van der Waals surface area contributed by atoms with E-state index in [4.69, 9.17) is 0 Å². The van der Waals surface area contributed by atoms with E-state index in [1.165, 1.54) is 18.2 Å². The van der Waals surface area contributed by atoms with Gasteiger partial charge in [-0.15, -0.1) is 0 Å². The first-order valence-electron chi connectivity index (χ1n) is 4.48. The summed E-state index contributed by atoms with van der Waals surface area (Å²) in [5, 5.41) is -0.415. The van der Waals surface area contributed by atoms with Crippen LogP contribution in [0.1, 0.15) is 19.4 Å². The van der Waals surface area contributed by atoms with Crippen LogP contribution in [0.2, 0.25) is 0 Å². The molecule has 0 aliphatic rings. The normalized spacial score (nSPS) is 12.1. The summed E-state index contributed by atoms with van der Waals surface area (Å²) in [5.41, 5.74) is 0.594. The van der Waals surface area contributed by atoms with Gasteiger partial charge in [-0.2, -0.15) is 0 Å². The summed E-state index contributed by atoms with van der Waals surface area (Å²) in [5.74, 6) is -0.440. The molecule has 0 bridgehead atoms. The molecule has 0 aromatic heterocycles. The summed E-state index contributed by atoms with van der Waals surface area (Å²) in [6, 6.07) is 4.24. The summed E-state index contributed by atoms with van der Waals surface area (Å²) in [6.07, 6.45) is 0. The molecular formula is C10H12BrFO2S. The molecule has 0 radical (unpaired) electrons. The highest BCUT2D eigenvalue weighted by atomic mass is 79.9. The fourth-order valence-electron chi connectivity index (χ4n) is 1.03. The lowest BCUT2D eigenvalue weighted by atomic mass is 10.2. The van der Waals surface area contributed by atoms with E-state index >= 15 is 0 Å². The fraction of sp³-hybridized carbons (Fsp3) is 0.400.